The number of ether oxygens (including phenoxy) is 2. The highest BCUT2D eigenvalue weighted by atomic mass is 35.5. The van der Waals surface area contributed by atoms with Gasteiger partial charge in [0.05, 0.1) is 48.6 Å². The van der Waals surface area contributed by atoms with E-state index in [4.69, 9.17) is 37.2 Å². The number of aromatic nitrogens is 3. The van der Waals surface area contributed by atoms with Crippen molar-refractivity contribution < 1.29 is 23.6 Å². The smallest absolute Gasteiger partial charge is 0.247 e. The fourth-order valence-corrected chi connectivity index (χ4v) is 4.72. The SMILES string of the molecule is C=CC(=O)Nc1ccccc1Cc1cc(N(Cc2cc(C)no2)C(=O)Cc2c(Cl)c(OC)cc(OC)c2Cl)ncn1. The van der Waals surface area contributed by atoms with Gasteiger partial charge in [-0.1, -0.05) is 53.1 Å². The quantitative estimate of drug-likeness (QED) is 0.223. The zero-order chi connectivity index (χ0) is 29.5. The average Bonchev–Trinajstić information content (AvgIpc) is 3.39. The summed E-state index contributed by atoms with van der Waals surface area (Å²) >= 11 is 13.1. The topological polar surface area (TPSA) is 120 Å². The number of rotatable bonds is 11. The maximum absolute atomic E-state index is 13.9. The van der Waals surface area contributed by atoms with Gasteiger partial charge in [0, 0.05) is 35.9 Å². The van der Waals surface area contributed by atoms with Crippen LogP contribution in [-0.2, 0) is 29.0 Å². The third-order valence-electron chi connectivity index (χ3n) is 6.10. The van der Waals surface area contributed by atoms with Gasteiger partial charge in [-0.15, -0.1) is 0 Å². The lowest BCUT2D eigenvalue weighted by atomic mass is 10.1. The number of nitrogens with one attached hydrogen (secondary N) is 1. The third-order valence-corrected chi connectivity index (χ3v) is 6.93. The van der Waals surface area contributed by atoms with Gasteiger partial charge >= 0.3 is 0 Å². The van der Waals surface area contributed by atoms with Crippen molar-refractivity contribution in [2.45, 2.75) is 26.3 Å². The second-order valence-electron chi connectivity index (χ2n) is 8.87. The molecule has 0 atom stereocenters. The zero-order valence-corrected chi connectivity index (χ0v) is 24.1. The molecular formula is C29H27Cl2N5O5. The molecule has 0 radical (unpaired) electrons. The summed E-state index contributed by atoms with van der Waals surface area (Å²) < 4.78 is 16.1. The average molecular weight is 596 g/mol. The minimum absolute atomic E-state index is 0.0401. The number of nitrogens with zero attached hydrogens (tertiary/aromatic N) is 4. The van der Waals surface area contributed by atoms with Crippen molar-refractivity contribution in [2.75, 3.05) is 24.4 Å². The molecule has 0 saturated heterocycles. The van der Waals surface area contributed by atoms with Crippen molar-refractivity contribution in [3.8, 4) is 11.5 Å². The molecule has 0 saturated carbocycles. The number of methoxy groups -OCH3 is 2. The summed E-state index contributed by atoms with van der Waals surface area (Å²) in [4.78, 5) is 36.0. The summed E-state index contributed by atoms with van der Waals surface area (Å²) in [6.07, 6.45) is 2.74. The molecule has 4 aromatic rings. The molecule has 0 aliphatic heterocycles. The Kier molecular flexibility index (Phi) is 9.59. The maximum Gasteiger partial charge on any atom is 0.247 e. The largest absolute Gasteiger partial charge is 0.495 e. The molecule has 0 aliphatic rings. The number of para-hydroxylation sites is 1. The lowest BCUT2D eigenvalue weighted by molar-refractivity contribution is -0.118. The van der Waals surface area contributed by atoms with Crippen molar-refractivity contribution >= 4 is 46.5 Å². The van der Waals surface area contributed by atoms with Crippen LogP contribution in [0.25, 0.3) is 0 Å². The van der Waals surface area contributed by atoms with E-state index in [1.165, 1.54) is 31.5 Å². The van der Waals surface area contributed by atoms with Crippen LogP contribution < -0.4 is 19.7 Å². The summed E-state index contributed by atoms with van der Waals surface area (Å²) in [5, 5.41) is 7.12. The molecule has 2 heterocycles. The number of carbonyl (C=O) groups is 2. The summed E-state index contributed by atoms with van der Waals surface area (Å²) in [6, 6.07) is 12.3. The first-order chi connectivity index (χ1) is 19.7. The number of benzene rings is 2. The number of amides is 2. The molecule has 0 unspecified atom stereocenters. The van der Waals surface area contributed by atoms with Gasteiger partial charge < -0.3 is 19.3 Å². The van der Waals surface area contributed by atoms with Crippen molar-refractivity contribution in [3.63, 3.8) is 0 Å². The van der Waals surface area contributed by atoms with Gasteiger partial charge in [0.1, 0.15) is 23.6 Å². The molecule has 12 heteroatoms. The van der Waals surface area contributed by atoms with E-state index in [-0.39, 0.29) is 34.8 Å². The standard InChI is InChI=1S/C29H27Cl2N5O5/c1-5-26(37)34-22-9-7-6-8-18(22)11-19-12-25(33-16-32-19)36(15-20-10-17(2)35-41-20)27(38)13-21-28(30)23(39-3)14-24(40-4)29(21)31/h5-10,12,14,16H,1,11,13,15H2,2-4H3,(H,34,37). The Balaban J connectivity index is 1.69. The van der Waals surface area contributed by atoms with Crippen LogP contribution in [0.15, 0.2) is 66.0 Å². The summed E-state index contributed by atoms with van der Waals surface area (Å²) in [7, 11) is 2.92. The van der Waals surface area contributed by atoms with E-state index in [9.17, 15) is 9.59 Å². The van der Waals surface area contributed by atoms with E-state index >= 15 is 0 Å². The second-order valence-corrected chi connectivity index (χ2v) is 9.63. The van der Waals surface area contributed by atoms with Gasteiger partial charge in [-0.05, 0) is 24.6 Å². The molecule has 0 bridgehead atoms. The van der Waals surface area contributed by atoms with E-state index in [2.05, 4.69) is 27.0 Å². The zero-order valence-electron chi connectivity index (χ0n) is 22.6. The van der Waals surface area contributed by atoms with Crippen LogP contribution in [0.1, 0.15) is 28.3 Å². The highest BCUT2D eigenvalue weighted by Crippen LogP contribution is 2.41. The van der Waals surface area contributed by atoms with E-state index in [0.717, 1.165) is 5.56 Å². The first kappa shape index (κ1) is 29.6. The molecule has 2 aromatic carbocycles. The Morgan fingerprint density at radius 2 is 1.78 bits per heavy atom. The Hall–Kier alpha value is -4.41. The molecule has 4 rings (SSSR count). The van der Waals surface area contributed by atoms with Crippen LogP contribution in [-0.4, -0.2) is 41.2 Å². The molecule has 212 valence electrons. The first-order valence-corrected chi connectivity index (χ1v) is 13.1. The van der Waals surface area contributed by atoms with E-state index in [0.29, 0.717) is 52.1 Å². The normalized spacial score (nSPS) is 10.7. The summed E-state index contributed by atoms with van der Waals surface area (Å²) in [5.41, 5.74) is 3.06. The van der Waals surface area contributed by atoms with Crippen LogP contribution in [0.2, 0.25) is 10.0 Å². The lowest BCUT2D eigenvalue weighted by Gasteiger charge is -2.22. The lowest BCUT2D eigenvalue weighted by Crippen LogP contribution is -2.32. The highest BCUT2D eigenvalue weighted by Gasteiger charge is 2.25. The van der Waals surface area contributed by atoms with Crippen LogP contribution in [0.4, 0.5) is 11.5 Å². The second kappa shape index (κ2) is 13.3. The molecule has 2 amide bonds. The Morgan fingerprint density at radius 1 is 1.07 bits per heavy atom. The molecule has 1 N–H and O–H groups in total. The molecule has 0 spiro atoms. The fraction of sp³-hybridized carbons (Fsp3) is 0.207. The Morgan fingerprint density at radius 3 is 2.41 bits per heavy atom. The molecule has 41 heavy (non-hydrogen) atoms. The van der Waals surface area contributed by atoms with Crippen molar-refractivity contribution in [3.05, 3.63) is 99.8 Å². The van der Waals surface area contributed by atoms with Crippen LogP contribution in [0, 0.1) is 6.92 Å². The van der Waals surface area contributed by atoms with E-state index in [1.807, 2.05) is 18.2 Å². The number of hydrogen-bond donors (Lipinski definition) is 1. The molecule has 0 fully saturated rings. The monoisotopic (exact) mass is 595 g/mol. The first-order valence-electron chi connectivity index (χ1n) is 12.4. The van der Waals surface area contributed by atoms with Gasteiger partial charge in [0.15, 0.2) is 5.76 Å². The molecule has 2 aromatic heterocycles. The summed E-state index contributed by atoms with van der Waals surface area (Å²) in [5.74, 6) is 0.713. The van der Waals surface area contributed by atoms with Gasteiger partial charge in [0.25, 0.3) is 0 Å². The number of halogens is 2. The molecule has 0 aliphatic carbocycles. The van der Waals surface area contributed by atoms with E-state index in [1.54, 1.807) is 31.2 Å². The fourth-order valence-electron chi connectivity index (χ4n) is 4.09. The number of anilines is 2. The van der Waals surface area contributed by atoms with Crippen molar-refractivity contribution in [2.24, 2.45) is 0 Å². The van der Waals surface area contributed by atoms with Gasteiger partial charge in [-0.25, -0.2) is 9.97 Å². The van der Waals surface area contributed by atoms with Gasteiger partial charge in [0.2, 0.25) is 11.8 Å². The minimum Gasteiger partial charge on any atom is -0.495 e. The van der Waals surface area contributed by atoms with Crippen LogP contribution >= 0.6 is 23.2 Å². The maximum atomic E-state index is 13.9. The Labute approximate surface area is 246 Å². The number of hydrogen-bond acceptors (Lipinski definition) is 8. The van der Waals surface area contributed by atoms with Gasteiger partial charge in [-0.3, -0.25) is 14.5 Å². The van der Waals surface area contributed by atoms with Crippen LogP contribution in [0.3, 0.4) is 0 Å². The van der Waals surface area contributed by atoms with E-state index < -0.39 is 0 Å². The third kappa shape index (κ3) is 7.03. The minimum atomic E-state index is -0.374. The Bertz CT molecular complexity index is 1560. The predicted molar refractivity (Wildman–Crippen MR) is 156 cm³/mol. The summed E-state index contributed by atoms with van der Waals surface area (Å²) in [6.45, 7) is 5.33. The molecular weight excluding hydrogens is 569 g/mol. The number of aryl methyl sites for hydroxylation is 1. The highest BCUT2D eigenvalue weighted by molar-refractivity contribution is 6.38. The van der Waals surface area contributed by atoms with Crippen molar-refractivity contribution in [1.82, 2.24) is 15.1 Å². The van der Waals surface area contributed by atoms with Crippen molar-refractivity contribution in [1.29, 1.82) is 0 Å². The predicted octanol–water partition coefficient (Wildman–Crippen LogP) is 5.59. The molecule has 10 nitrogen and oxygen atoms in total. The number of carbonyl (C=O) groups excluding carboxylic acids is 2. The van der Waals surface area contributed by atoms with Crippen LogP contribution in [0.5, 0.6) is 11.5 Å². The van der Waals surface area contributed by atoms with Gasteiger partial charge in [-0.2, -0.15) is 0 Å².